The molecule has 6 heteroatoms. The van der Waals surface area contributed by atoms with Gasteiger partial charge in [0.05, 0.1) is 17.7 Å². The Morgan fingerprint density at radius 1 is 1.32 bits per heavy atom. The number of piperazine rings is 1. The lowest BCUT2D eigenvalue weighted by Crippen LogP contribution is -2.49. The fraction of sp³-hybridized carbons (Fsp3) is 0.375. The molecule has 0 unspecified atom stereocenters. The first kappa shape index (κ1) is 15.1. The van der Waals surface area contributed by atoms with Gasteiger partial charge in [-0.25, -0.2) is 9.37 Å². The summed E-state index contributed by atoms with van der Waals surface area (Å²) in [6.45, 7) is 5.16. The number of carbonyl (C=O) groups is 1. The van der Waals surface area contributed by atoms with Gasteiger partial charge in [-0.05, 0) is 24.6 Å². The molecule has 0 saturated carbocycles. The summed E-state index contributed by atoms with van der Waals surface area (Å²) in [7, 11) is 0. The van der Waals surface area contributed by atoms with Crippen molar-refractivity contribution in [1.82, 2.24) is 14.8 Å². The number of thiazole rings is 1. The average molecular weight is 319 g/mol. The van der Waals surface area contributed by atoms with Crippen molar-refractivity contribution in [3.05, 3.63) is 51.7 Å². The Bertz CT molecular complexity index is 673. The van der Waals surface area contributed by atoms with Crippen LogP contribution in [0.3, 0.4) is 0 Å². The summed E-state index contributed by atoms with van der Waals surface area (Å²) in [4.78, 5) is 21.7. The second-order valence-corrected chi connectivity index (χ2v) is 6.46. The summed E-state index contributed by atoms with van der Waals surface area (Å²) >= 11 is 1.63. The lowest BCUT2D eigenvalue weighted by molar-refractivity contribution is -0.136. The molecule has 1 aliphatic heterocycles. The van der Waals surface area contributed by atoms with Gasteiger partial charge in [-0.3, -0.25) is 9.69 Å². The number of aromatic nitrogens is 1. The zero-order valence-electron chi connectivity index (χ0n) is 12.5. The Balaban J connectivity index is 1.58. The van der Waals surface area contributed by atoms with E-state index in [0.717, 1.165) is 24.3 Å². The van der Waals surface area contributed by atoms with E-state index in [1.165, 1.54) is 17.0 Å². The standard InChI is InChI=1S/C16H18FN3OS/c1-12-15(22-11-18-12)9-19-5-6-20(16(21)10-19)8-13-3-2-4-14(17)7-13/h2-4,7,11H,5-6,8-10H2,1H3. The van der Waals surface area contributed by atoms with E-state index >= 15 is 0 Å². The first-order valence-electron chi connectivity index (χ1n) is 7.25. The highest BCUT2D eigenvalue weighted by Gasteiger charge is 2.24. The maximum atomic E-state index is 13.2. The van der Waals surface area contributed by atoms with Crippen LogP contribution in [0.1, 0.15) is 16.1 Å². The van der Waals surface area contributed by atoms with Gasteiger partial charge >= 0.3 is 0 Å². The minimum Gasteiger partial charge on any atom is -0.336 e. The van der Waals surface area contributed by atoms with Crippen molar-refractivity contribution in [2.45, 2.75) is 20.0 Å². The quantitative estimate of drug-likeness (QED) is 0.868. The average Bonchev–Trinajstić information content (AvgIpc) is 2.87. The minimum atomic E-state index is -0.260. The number of amides is 1. The number of hydrogen-bond acceptors (Lipinski definition) is 4. The fourth-order valence-electron chi connectivity index (χ4n) is 2.60. The molecular formula is C16H18FN3OS. The van der Waals surface area contributed by atoms with Gasteiger partial charge in [0.15, 0.2) is 0 Å². The monoisotopic (exact) mass is 319 g/mol. The Morgan fingerprint density at radius 2 is 2.18 bits per heavy atom. The molecule has 0 atom stereocenters. The molecule has 1 amide bonds. The molecule has 0 spiro atoms. The Morgan fingerprint density at radius 3 is 2.86 bits per heavy atom. The third kappa shape index (κ3) is 3.51. The number of aryl methyl sites for hydroxylation is 1. The molecule has 0 radical (unpaired) electrons. The highest BCUT2D eigenvalue weighted by atomic mass is 32.1. The SMILES string of the molecule is Cc1ncsc1CN1CCN(Cc2cccc(F)c2)C(=O)C1. The van der Waals surface area contributed by atoms with Crippen LogP contribution in [0.15, 0.2) is 29.8 Å². The number of benzene rings is 1. The van der Waals surface area contributed by atoms with Gasteiger partial charge in [-0.2, -0.15) is 0 Å². The molecule has 0 bridgehead atoms. The molecule has 1 saturated heterocycles. The Kier molecular flexibility index (Phi) is 4.49. The van der Waals surface area contributed by atoms with Gasteiger partial charge in [0.2, 0.25) is 5.91 Å². The first-order valence-corrected chi connectivity index (χ1v) is 8.13. The van der Waals surface area contributed by atoms with Gasteiger partial charge in [-0.1, -0.05) is 12.1 Å². The maximum Gasteiger partial charge on any atom is 0.237 e. The second-order valence-electron chi connectivity index (χ2n) is 5.52. The fourth-order valence-corrected chi connectivity index (χ4v) is 3.41. The van der Waals surface area contributed by atoms with Crippen molar-refractivity contribution in [2.75, 3.05) is 19.6 Å². The maximum absolute atomic E-state index is 13.2. The van der Waals surface area contributed by atoms with Crippen LogP contribution in [-0.4, -0.2) is 40.3 Å². The second kappa shape index (κ2) is 6.54. The van der Waals surface area contributed by atoms with Gasteiger partial charge < -0.3 is 4.90 Å². The minimum absolute atomic E-state index is 0.0951. The van der Waals surface area contributed by atoms with Crippen LogP contribution in [0, 0.1) is 12.7 Å². The summed E-state index contributed by atoms with van der Waals surface area (Å²) in [5, 5.41) is 0. The summed E-state index contributed by atoms with van der Waals surface area (Å²) in [5.41, 5.74) is 3.71. The third-order valence-electron chi connectivity index (χ3n) is 3.87. The molecule has 1 aromatic heterocycles. The van der Waals surface area contributed by atoms with E-state index < -0.39 is 0 Å². The largest absolute Gasteiger partial charge is 0.336 e. The third-order valence-corrected chi connectivity index (χ3v) is 4.79. The van der Waals surface area contributed by atoms with Crippen LogP contribution < -0.4 is 0 Å². The van der Waals surface area contributed by atoms with Crippen LogP contribution in [0.25, 0.3) is 0 Å². The normalized spacial score (nSPS) is 16.3. The van der Waals surface area contributed by atoms with E-state index in [4.69, 9.17) is 0 Å². The van der Waals surface area contributed by atoms with Crippen molar-refractivity contribution in [2.24, 2.45) is 0 Å². The topological polar surface area (TPSA) is 36.4 Å². The molecule has 2 heterocycles. The van der Waals surface area contributed by atoms with Crippen LogP contribution >= 0.6 is 11.3 Å². The summed E-state index contributed by atoms with van der Waals surface area (Å²) in [5.74, 6) is -0.165. The van der Waals surface area contributed by atoms with Crippen molar-refractivity contribution in [3.63, 3.8) is 0 Å². The lowest BCUT2D eigenvalue weighted by atomic mass is 10.2. The summed E-state index contributed by atoms with van der Waals surface area (Å²) in [6, 6.07) is 6.43. The first-order chi connectivity index (χ1) is 10.6. The zero-order valence-corrected chi connectivity index (χ0v) is 13.3. The van der Waals surface area contributed by atoms with E-state index in [2.05, 4.69) is 9.88 Å². The van der Waals surface area contributed by atoms with E-state index in [-0.39, 0.29) is 11.7 Å². The molecule has 2 aromatic rings. The van der Waals surface area contributed by atoms with Crippen molar-refractivity contribution in [1.29, 1.82) is 0 Å². The molecule has 116 valence electrons. The highest BCUT2D eigenvalue weighted by molar-refractivity contribution is 7.09. The predicted molar refractivity (Wildman–Crippen MR) is 83.9 cm³/mol. The van der Waals surface area contributed by atoms with Gasteiger partial charge in [0.25, 0.3) is 0 Å². The molecule has 4 nitrogen and oxygen atoms in total. The van der Waals surface area contributed by atoms with Crippen LogP contribution in [0.5, 0.6) is 0 Å². The van der Waals surface area contributed by atoms with E-state index in [1.807, 2.05) is 18.5 Å². The van der Waals surface area contributed by atoms with Gasteiger partial charge in [0.1, 0.15) is 5.82 Å². The lowest BCUT2D eigenvalue weighted by Gasteiger charge is -2.34. The van der Waals surface area contributed by atoms with Crippen LogP contribution in [-0.2, 0) is 17.9 Å². The smallest absolute Gasteiger partial charge is 0.237 e. The molecule has 22 heavy (non-hydrogen) atoms. The number of halogens is 1. The number of rotatable bonds is 4. The van der Waals surface area contributed by atoms with Gasteiger partial charge in [0, 0.05) is 31.1 Å². The highest BCUT2D eigenvalue weighted by Crippen LogP contribution is 2.17. The molecule has 0 N–H and O–H groups in total. The number of hydrogen-bond donors (Lipinski definition) is 0. The molecule has 1 aliphatic rings. The number of nitrogens with zero attached hydrogens (tertiary/aromatic N) is 3. The molecule has 3 rings (SSSR count). The molecule has 1 fully saturated rings. The van der Waals surface area contributed by atoms with Crippen molar-refractivity contribution in [3.8, 4) is 0 Å². The van der Waals surface area contributed by atoms with Crippen LogP contribution in [0.4, 0.5) is 4.39 Å². The van der Waals surface area contributed by atoms with Crippen LogP contribution in [0.2, 0.25) is 0 Å². The Labute approximate surface area is 133 Å². The number of carbonyl (C=O) groups excluding carboxylic acids is 1. The summed E-state index contributed by atoms with van der Waals surface area (Å²) in [6.07, 6.45) is 0. The molecule has 0 aliphatic carbocycles. The van der Waals surface area contributed by atoms with Crippen molar-refractivity contribution < 1.29 is 9.18 Å². The Hall–Kier alpha value is -1.79. The summed E-state index contributed by atoms with van der Waals surface area (Å²) < 4.78 is 13.2. The van der Waals surface area contributed by atoms with Crippen molar-refractivity contribution >= 4 is 17.2 Å². The zero-order chi connectivity index (χ0) is 15.5. The van der Waals surface area contributed by atoms with E-state index in [9.17, 15) is 9.18 Å². The predicted octanol–water partition coefficient (Wildman–Crippen LogP) is 2.44. The van der Waals surface area contributed by atoms with E-state index in [1.54, 1.807) is 22.3 Å². The molecule has 1 aromatic carbocycles. The van der Waals surface area contributed by atoms with E-state index in [0.29, 0.717) is 19.6 Å². The van der Waals surface area contributed by atoms with Gasteiger partial charge in [-0.15, -0.1) is 11.3 Å². The molecular weight excluding hydrogens is 301 g/mol.